The Balaban J connectivity index is 1.84. The van der Waals surface area contributed by atoms with E-state index < -0.39 is 0 Å². The van der Waals surface area contributed by atoms with Gasteiger partial charge >= 0.3 is 0 Å². The molecule has 1 aromatic carbocycles. The molecule has 1 saturated carbocycles. The number of halogens is 1. The van der Waals surface area contributed by atoms with Crippen LogP contribution in [0, 0.1) is 0 Å². The highest BCUT2D eigenvalue weighted by Gasteiger charge is 2.29. The van der Waals surface area contributed by atoms with E-state index in [9.17, 15) is 4.79 Å². The van der Waals surface area contributed by atoms with Gasteiger partial charge in [-0.25, -0.2) is 0 Å². The maximum absolute atomic E-state index is 11.9. The van der Waals surface area contributed by atoms with Gasteiger partial charge in [0.1, 0.15) is 5.75 Å². The van der Waals surface area contributed by atoms with Crippen LogP contribution in [0.3, 0.4) is 0 Å². The van der Waals surface area contributed by atoms with Crippen LogP contribution in [0.5, 0.6) is 5.75 Å². The summed E-state index contributed by atoms with van der Waals surface area (Å²) in [6.07, 6.45) is 3.30. The molecule has 21 heavy (non-hydrogen) atoms. The molecule has 1 aliphatic carbocycles. The highest BCUT2D eigenvalue weighted by Crippen LogP contribution is 2.27. The third-order valence-electron chi connectivity index (χ3n) is 3.59. The summed E-state index contributed by atoms with van der Waals surface area (Å²) in [7, 11) is 1.83. The van der Waals surface area contributed by atoms with E-state index in [1.54, 1.807) is 4.90 Å². The molecule has 5 heteroatoms. The third-order valence-corrected chi connectivity index (χ3v) is 3.89. The van der Waals surface area contributed by atoms with E-state index in [0.717, 1.165) is 37.9 Å². The summed E-state index contributed by atoms with van der Waals surface area (Å²) in [6, 6.07) is 6.09. The minimum atomic E-state index is 0.00209. The Morgan fingerprint density at radius 2 is 2.24 bits per heavy atom. The van der Waals surface area contributed by atoms with Gasteiger partial charge in [-0.1, -0.05) is 24.6 Å². The van der Waals surface area contributed by atoms with E-state index >= 15 is 0 Å². The second-order valence-corrected chi connectivity index (χ2v) is 5.87. The Morgan fingerprint density at radius 1 is 1.48 bits per heavy atom. The molecule has 1 fully saturated rings. The molecule has 116 valence electrons. The molecule has 0 unspecified atom stereocenters. The smallest absolute Gasteiger partial charge is 0.260 e. The number of carbonyl (C=O) groups is 1. The molecule has 0 bridgehead atoms. The molecular weight excluding hydrogens is 288 g/mol. The van der Waals surface area contributed by atoms with Crippen molar-refractivity contribution in [2.75, 3.05) is 20.2 Å². The van der Waals surface area contributed by atoms with Crippen LogP contribution in [0.4, 0.5) is 0 Å². The number of hydrogen-bond donors (Lipinski definition) is 1. The van der Waals surface area contributed by atoms with Gasteiger partial charge in [0.05, 0.1) is 5.02 Å². The molecule has 1 aromatic rings. The summed E-state index contributed by atoms with van der Waals surface area (Å²) in [5.74, 6) is 0.565. The molecule has 0 aliphatic heterocycles. The normalized spacial score (nSPS) is 14.0. The van der Waals surface area contributed by atoms with Crippen molar-refractivity contribution < 1.29 is 9.53 Å². The van der Waals surface area contributed by atoms with E-state index in [-0.39, 0.29) is 12.5 Å². The second kappa shape index (κ2) is 7.66. The van der Waals surface area contributed by atoms with E-state index in [2.05, 4.69) is 12.2 Å². The number of ether oxygens (including phenoxy) is 1. The lowest BCUT2D eigenvalue weighted by atomic mass is 10.2. The van der Waals surface area contributed by atoms with Crippen LogP contribution in [-0.4, -0.2) is 37.0 Å². The Morgan fingerprint density at radius 3 is 2.86 bits per heavy atom. The van der Waals surface area contributed by atoms with Gasteiger partial charge in [0.2, 0.25) is 0 Å². The summed E-state index contributed by atoms with van der Waals surface area (Å²) in [4.78, 5) is 13.7. The molecule has 1 N–H and O–H groups in total. The fraction of sp³-hybridized carbons (Fsp3) is 0.562. The van der Waals surface area contributed by atoms with Crippen molar-refractivity contribution in [3.63, 3.8) is 0 Å². The predicted molar refractivity (Wildman–Crippen MR) is 84.7 cm³/mol. The zero-order valence-corrected chi connectivity index (χ0v) is 13.4. The first-order valence-corrected chi connectivity index (χ1v) is 7.87. The fourth-order valence-corrected chi connectivity index (χ4v) is 2.35. The standard InChI is InChI=1S/C16H23ClN2O2/c1-3-8-18-10-12-4-7-15(14(17)9-12)21-11-16(20)19(2)13-5-6-13/h4,7,9,13,18H,3,5-6,8,10-11H2,1-2H3. The molecule has 0 heterocycles. The van der Waals surface area contributed by atoms with Crippen molar-refractivity contribution in [2.24, 2.45) is 0 Å². The van der Waals surface area contributed by atoms with Gasteiger partial charge in [-0.2, -0.15) is 0 Å². The molecule has 4 nitrogen and oxygen atoms in total. The van der Waals surface area contributed by atoms with E-state index in [4.69, 9.17) is 16.3 Å². The van der Waals surface area contributed by atoms with Crippen LogP contribution < -0.4 is 10.1 Å². The topological polar surface area (TPSA) is 41.6 Å². The molecular formula is C16H23ClN2O2. The number of rotatable bonds is 8. The molecule has 0 atom stereocenters. The van der Waals surface area contributed by atoms with Crippen LogP contribution in [0.15, 0.2) is 18.2 Å². The van der Waals surface area contributed by atoms with Gasteiger partial charge in [-0.05, 0) is 43.5 Å². The zero-order chi connectivity index (χ0) is 15.2. The van der Waals surface area contributed by atoms with Gasteiger partial charge in [0.15, 0.2) is 6.61 Å². The van der Waals surface area contributed by atoms with Crippen LogP contribution in [0.25, 0.3) is 0 Å². The highest BCUT2D eigenvalue weighted by atomic mass is 35.5. The highest BCUT2D eigenvalue weighted by molar-refractivity contribution is 6.32. The number of likely N-dealkylation sites (N-methyl/N-ethyl adjacent to an activating group) is 1. The van der Waals surface area contributed by atoms with Crippen LogP contribution in [0.2, 0.25) is 5.02 Å². The SMILES string of the molecule is CCCNCc1ccc(OCC(=O)N(C)C2CC2)c(Cl)c1. The number of benzene rings is 1. The fourth-order valence-electron chi connectivity index (χ4n) is 2.09. The lowest BCUT2D eigenvalue weighted by molar-refractivity contribution is -0.132. The minimum absolute atomic E-state index is 0.00209. The Bertz CT molecular complexity index is 489. The number of carbonyl (C=O) groups excluding carboxylic acids is 1. The zero-order valence-electron chi connectivity index (χ0n) is 12.7. The van der Waals surface area contributed by atoms with E-state index in [1.807, 2.05) is 25.2 Å². The van der Waals surface area contributed by atoms with Crippen molar-refractivity contribution in [2.45, 2.75) is 38.8 Å². The number of nitrogens with zero attached hydrogens (tertiary/aromatic N) is 1. The Hall–Kier alpha value is -1.26. The van der Waals surface area contributed by atoms with E-state index in [1.165, 1.54) is 0 Å². The summed E-state index contributed by atoms with van der Waals surface area (Å²) >= 11 is 6.20. The molecule has 1 aliphatic rings. The van der Waals surface area contributed by atoms with Crippen molar-refractivity contribution in [3.05, 3.63) is 28.8 Å². The van der Waals surface area contributed by atoms with Gasteiger partial charge in [0, 0.05) is 19.6 Å². The molecule has 0 aromatic heterocycles. The third kappa shape index (κ3) is 4.90. The first-order valence-electron chi connectivity index (χ1n) is 7.49. The molecule has 0 saturated heterocycles. The van der Waals surface area contributed by atoms with Crippen molar-refractivity contribution in [1.82, 2.24) is 10.2 Å². The molecule has 0 radical (unpaired) electrons. The summed E-state index contributed by atoms with van der Waals surface area (Å²) < 4.78 is 5.53. The van der Waals surface area contributed by atoms with Gasteiger partial charge < -0.3 is 15.0 Å². The molecule has 0 spiro atoms. The monoisotopic (exact) mass is 310 g/mol. The number of nitrogens with one attached hydrogen (secondary N) is 1. The van der Waals surface area contributed by atoms with Crippen LogP contribution in [-0.2, 0) is 11.3 Å². The first-order chi connectivity index (χ1) is 10.1. The van der Waals surface area contributed by atoms with Gasteiger partial charge in [0.25, 0.3) is 5.91 Å². The number of amides is 1. The Kier molecular flexibility index (Phi) is 5.88. The molecule has 1 amide bonds. The summed E-state index contributed by atoms with van der Waals surface area (Å²) in [5.41, 5.74) is 1.11. The lowest BCUT2D eigenvalue weighted by Gasteiger charge is -2.17. The second-order valence-electron chi connectivity index (χ2n) is 5.47. The van der Waals surface area contributed by atoms with Gasteiger partial charge in [-0.3, -0.25) is 4.79 Å². The largest absolute Gasteiger partial charge is 0.482 e. The van der Waals surface area contributed by atoms with Crippen molar-refractivity contribution in [1.29, 1.82) is 0 Å². The maximum atomic E-state index is 11.9. The van der Waals surface area contributed by atoms with Crippen molar-refractivity contribution >= 4 is 17.5 Å². The van der Waals surface area contributed by atoms with Crippen molar-refractivity contribution in [3.8, 4) is 5.75 Å². The maximum Gasteiger partial charge on any atom is 0.260 e. The van der Waals surface area contributed by atoms with Gasteiger partial charge in [-0.15, -0.1) is 0 Å². The Labute approximate surface area is 131 Å². The van der Waals surface area contributed by atoms with Crippen LogP contribution in [0.1, 0.15) is 31.7 Å². The number of hydrogen-bond acceptors (Lipinski definition) is 3. The lowest BCUT2D eigenvalue weighted by Crippen LogP contribution is -2.33. The van der Waals surface area contributed by atoms with E-state index in [0.29, 0.717) is 16.8 Å². The summed E-state index contributed by atoms with van der Waals surface area (Å²) in [5, 5.41) is 3.87. The predicted octanol–water partition coefficient (Wildman–Crippen LogP) is 2.84. The summed E-state index contributed by atoms with van der Waals surface area (Å²) in [6.45, 7) is 3.95. The molecule has 2 rings (SSSR count). The minimum Gasteiger partial charge on any atom is -0.482 e. The quantitative estimate of drug-likeness (QED) is 0.751. The average molecular weight is 311 g/mol. The first kappa shape index (κ1) is 16.1. The average Bonchev–Trinajstić information content (AvgIpc) is 3.30. The van der Waals surface area contributed by atoms with Crippen LogP contribution >= 0.6 is 11.6 Å².